The third-order valence-corrected chi connectivity index (χ3v) is 9.93. The molecule has 10 heteroatoms. The van der Waals surface area contributed by atoms with Crippen molar-refractivity contribution in [1.82, 2.24) is 19.8 Å². The largest absolute Gasteiger partial charge is 0.461 e. The summed E-state index contributed by atoms with van der Waals surface area (Å²) in [4.78, 5) is 18.6. The topological polar surface area (TPSA) is 71.8 Å². The quantitative estimate of drug-likeness (QED) is 0.389. The number of benzene rings is 2. The fraction of sp³-hybridized carbons (Fsp3) is 0.516. The third-order valence-electron chi connectivity index (χ3n) is 9.61. The minimum absolute atomic E-state index is 0.183. The van der Waals surface area contributed by atoms with Crippen LogP contribution in [-0.4, -0.2) is 83.9 Å². The Morgan fingerprint density at radius 3 is 2.85 bits per heavy atom. The van der Waals surface area contributed by atoms with Gasteiger partial charge in [0.2, 0.25) is 0 Å². The zero-order chi connectivity index (χ0) is 28.1. The van der Waals surface area contributed by atoms with Gasteiger partial charge in [-0.2, -0.15) is 15.2 Å². The Bertz CT molecular complexity index is 1510. The maximum absolute atomic E-state index is 14.4. The van der Waals surface area contributed by atoms with Gasteiger partial charge in [0.1, 0.15) is 18.6 Å². The van der Waals surface area contributed by atoms with Crippen LogP contribution < -0.4 is 14.5 Å². The second-order valence-corrected chi connectivity index (χ2v) is 12.4. The summed E-state index contributed by atoms with van der Waals surface area (Å²) in [6, 6.07) is 12.8. The summed E-state index contributed by atoms with van der Waals surface area (Å²) in [5.74, 6) is 0.876. The fourth-order valence-electron chi connectivity index (χ4n) is 7.46. The van der Waals surface area contributed by atoms with Crippen LogP contribution in [0.25, 0.3) is 10.8 Å². The van der Waals surface area contributed by atoms with E-state index < -0.39 is 6.17 Å². The summed E-state index contributed by atoms with van der Waals surface area (Å²) in [7, 11) is 2.07. The number of likely N-dealkylation sites (tertiary alicyclic amines) is 1. The van der Waals surface area contributed by atoms with E-state index in [1.54, 1.807) is 4.90 Å². The lowest BCUT2D eigenvalue weighted by molar-refractivity contribution is 0.107. The van der Waals surface area contributed by atoms with E-state index in [2.05, 4.69) is 52.2 Å². The molecule has 3 aromatic rings. The monoisotopic (exact) mass is 575 g/mol. The molecular weight excluding hydrogens is 541 g/mol. The number of nitriles is 1. The number of anilines is 2. The zero-order valence-electron chi connectivity index (χ0n) is 23.4. The predicted molar refractivity (Wildman–Crippen MR) is 158 cm³/mol. The van der Waals surface area contributed by atoms with E-state index in [1.807, 2.05) is 12.1 Å². The van der Waals surface area contributed by atoms with Gasteiger partial charge in [0.25, 0.3) is 0 Å². The van der Waals surface area contributed by atoms with Crippen molar-refractivity contribution >= 4 is 33.9 Å². The predicted octanol–water partition coefficient (Wildman–Crippen LogP) is 4.79. The van der Waals surface area contributed by atoms with Crippen LogP contribution >= 0.6 is 11.6 Å². The van der Waals surface area contributed by atoms with E-state index >= 15 is 0 Å². The summed E-state index contributed by atoms with van der Waals surface area (Å²) < 4.78 is 20.8. The molecule has 214 valence electrons. The number of ether oxygens (including phenoxy) is 1. The van der Waals surface area contributed by atoms with E-state index in [-0.39, 0.29) is 11.6 Å². The maximum Gasteiger partial charge on any atom is 0.318 e. The molecule has 5 heterocycles. The molecular formula is C31H35ClFN7O. The second kappa shape index (κ2) is 10.5. The average molecular weight is 576 g/mol. The molecule has 8 nitrogen and oxygen atoms in total. The molecule has 3 saturated heterocycles. The van der Waals surface area contributed by atoms with Crippen LogP contribution in [0, 0.1) is 11.5 Å². The highest BCUT2D eigenvalue weighted by atomic mass is 35.5. The minimum atomic E-state index is -0.809. The second-order valence-electron chi connectivity index (χ2n) is 12.0. The van der Waals surface area contributed by atoms with Crippen LogP contribution in [0.1, 0.15) is 36.9 Å². The van der Waals surface area contributed by atoms with Crippen molar-refractivity contribution in [3.63, 3.8) is 0 Å². The van der Waals surface area contributed by atoms with Gasteiger partial charge in [0.15, 0.2) is 6.19 Å². The molecule has 0 unspecified atom stereocenters. The number of likely N-dealkylation sites (N-methyl/N-ethyl adjacent to an activating group) is 1. The van der Waals surface area contributed by atoms with Crippen molar-refractivity contribution < 1.29 is 9.13 Å². The Balaban J connectivity index is 1.23. The number of alkyl halides is 1. The molecule has 0 radical (unpaired) electrons. The smallest absolute Gasteiger partial charge is 0.318 e. The van der Waals surface area contributed by atoms with Crippen molar-refractivity contribution in [2.24, 2.45) is 0 Å². The van der Waals surface area contributed by atoms with Gasteiger partial charge in [-0.05, 0) is 49.7 Å². The van der Waals surface area contributed by atoms with Gasteiger partial charge in [-0.3, -0.25) is 4.90 Å². The summed E-state index contributed by atoms with van der Waals surface area (Å²) >= 11 is 6.69. The van der Waals surface area contributed by atoms with E-state index in [4.69, 9.17) is 26.3 Å². The first-order valence-corrected chi connectivity index (χ1v) is 15.0. The van der Waals surface area contributed by atoms with Gasteiger partial charge in [-0.25, -0.2) is 4.39 Å². The maximum atomic E-state index is 14.4. The molecule has 0 amide bonds. The number of hydrogen-bond donors (Lipinski definition) is 0. The van der Waals surface area contributed by atoms with Crippen LogP contribution in [0.4, 0.5) is 15.9 Å². The van der Waals surface area contributed by atoms with Crippen LogP contribution in [0.15, 0.2) is 36.4 Å². The molecule has 4 aliphatic heterocycles. The van der Waals surface area contributed by atoms with Crippen LogP contribution in [0.5, 0.6) is 6.01 Å². The van der Waals surface area contributed by atoms with Gasteiger partial charge in [-0.15, -0.1) is 0 Å². The van der Waals surface area contributed by atoms with E-state index in [1.165, 1.54) is 0 Å². The summed E-state index contributed by atoms with van der Waals surface area (Å²) in [5.41, 5.74) is 2.89. The number of hydrogen-bond acceptors (Lipinski definition) is 8. The van der Waals surface area contributed by atoms with Crippen molar-refractivity contribution in [3.05, 3.63) is 52.7 Å². The lowest BCUT2D eigenvalue weighted by Gasteiger charge is -2.35. The molecule has 1 aromatic heterocycles. The number of nitrogens with zero attached hydrogens (tertiary/aromatic N) is 7. The van der Waals surface area contributed by atoms with Crippen molar-refractivity contribution in [2.45, 2.75) is 56.4 Å². The zero-order valence-corrected chi connectivity index (χ0v) is 24.2. The highest BCUT2D eigenvalue weighted by Gasteiger charge is 2.49. The first kappa shape index (κ1) is 26.5. The molecule has 0 aliphatic carbocycles. The Morgan fingerprint density at radius 1 is 1.17 bits per heavy atom. The molecule has 7 rings (SSSR count). The van der Waals surface area contributed by atoms with Crippen LogP contribution in [0.3, 0.4) is 0 Å². The summed E-state index contributed by atoms with van der Waals surface area (Å²) in [6.45, 7) is 4.65. The van der Waals surface area contributed by atoms with Gasteiger partial charge in [0, 0.05) is 56.3 Å². The lowest BCUT2D eigenvalue weighted by atomic mass is 9.95. The van der Waals surface area contributed by atoms with E-state index in [0.717, 1.165) is 83.9 Å². The van der Waals surface area contributed by atoms with Crippen molar-refractivity contribution in [2.75, 3.05) is 56.2 Å². The normalized spacial score (nSPS) is 25.8. The van der Waals surface area contributed by atoms with Crippen molar-refractivity contribution in [1.29, 1.82) is 5.26 Å². The van der Waals surface area contributed by atoms with Gasteiger partial charge >= 0.3 is 6.01 Å². The molecule has 0 saturated carbocycles. The Labute approximate surface area is 245 Å². The Kier molecular flexibility index (Phi) is 6.79. The number of aromatic nitrogens is 2. The Morgan fingerprint density at radius 2 is 2.02 bits per heavy atom. The first-order valence-electron chi connectivity index (χ1n) is 14.7. The SMILES string of the molecule is CN(c1nc(OC[C@@]23CCCN2C[C@H](F)C3)nc2c1CCN(c1cccc3cccc(Cl)c13)C2)[C@@H]1CCN(C#N)C1. The molecule has 0 spiro atoms. The highest BCUT2D eigenvalue weighted by Crippen LogP contribution is 2.41. The summed E-state index contributed by atoms with van der Waals surface area (Å²) in [6.07, 6.45) is 5.67. The first-order chi connectivity index (χ1) is 19.9. The van der Waals surface area contributed by atoms with Crippen LogP contribution in [-0.2, 0) is 13.0 Å². The third kappa shape index (κ3) is 4.71. The molecule has 2 aromatic carbocycles. The number of rotatable bonds is 6. The highest BCUT2D eigenvalue weighted by molar-refractivity contribution is 6.36. The molecule has 41 heavy (non-hydrogen) atoms. The average Bonchev–Trinajstić information content (AvgIpc) is 3.69. The number of halogens is 2. The van der Waals surface area contributed by atoms with Gasteiger partial charge < -0.3 is 19.4 Å². The lowest BCUT2D eigenvalue weighted by Crippen LogP contribution is -2.43. The fourth-order valence-corrected chi connectivity index (χ4v) is 7.74. The van der Waals surface area contributed by atoms with Crippen molar-refractivity contribution in [3.8, 4) is 12.2 Å². The van der Waals surface area contributed by atoms with Gasteiger partial charge in [0.05, 0.1) is 28.8 Å². The molecule has 3 fully saturated rings. The van der Waals surface area contributed by atoms with Crippen LogP contribution in [0.2, 0.25) is 5.02 Å². The van der Waals surface area contributed by atoms with E-state index in [0.29, 0.717) is 38.7 Å². The molecule has 3 atom stereocenters. The Hall–Kier alpha value is -3.35. The standard InChI is InChI=1S/C31H35ClFN7O/c1-37(23-9-13-38(17-23)20-34)29-24-10-14-39(27-8-3-6-21-5-2-7-25(32)28(21)27)18-26(24)35-30(36-29)41-19-31-11-4-12-40(31)16-22(33)15-31/h2-3,5-8,22-23H,4,9-19H2,1H3/t22-,23-,31+/m1/s1. The molecule has 0 bridgehead atoms. The molecule has 4 aliphatic rings. The van der Waals surface area contributed by atoms with E-state index in [9.17, 15) is 9.65 Å². The molecule has 0 N–H and O–H groups in total. The number of fused-ring (bicyclic) bond motifs is 3. The van der Waals surface area contributed by atoms with Gasteiger partial charge in [-0.1, -0.05) is 35.9 Å². The summed E-state index contributed by atoms with van der Waals surface area (Å²) in [5, 5.41) is 12.3. The minimum Gasteiger partial charge on any atom is -0.461 e.